The van der Waals surface area contributed by atoms with Gasteiger partial charge in [0.25, 0.3) is 5.56 Å². The summed E-state index contributed by atoms with van der Waals surface area (Å²) in [6, 6.07) is 25.0. The van der Waals surface area contributed by atoms with Crippen molar-refractivity contribution in [3.63, 3.8) is 0 Å². The van der Waals surface area contributed by atoms with Crippen molar-refractivity contribution in [3.8, 4) is 33.5 Å². The second-order valence-corrected chi connectivity index (χ2v) is 11.4. The van der Waals surface area contributed by atoms with Gasteiger partial charge in [-0.2, -0.15) is 5.26 Å². The third-order valence-electron chi connectivity index (χ3n) is 6.09. The van der Waals surface area contributed by atoms with Crippen LogP contribution >= 0.6 is 46.5 Å². The van der Waals surface area contributed by atoms with E-state index in [-0.39, 0.29) is 5.56 Å². The molecular formula is C30H22Cl2N4O2S2. The maximum Gasteiger partial charge on any atom is 0.282 e. The first-order valence-corrected chi connectivity index (χ1v) is 14.7. The molecule has 5 aromatic rings. The van der Waals surface area contributed by atoms with Crippen molar-refractivity contribution in [1.82, 2.24) is 8.96 Å². The highest BCUT2D eigenvalue weighted by atomic mass is 35.5. The molecule has 0 fully saturated rings. The molecule has 0 aliphatic rings. The molecule has 3 aromatic carbocycles. The summed E-state index contributed by atoms with van der Waals surface area (Å²) in [6.07, 6.45) is 1.48. The van der Waals surface area contributed by atoms with Crippen LogP contribution in [-0.2, 0) is 12.3 Å². The number of anilines is 1. The van der Waals surface area contributed by atoms with Crippen molar-refractivity contribution in [2.45, 2.75) is 12.3 Å². The summed E-state index contributed by atoms with van der Waals surface area (Å²) in [7, 11) is 1.62. The number of nitriles is 1. The number of halogens is 2. The summed E-state index contributed by atoms with van der Waals surface area (Å²) in [5.41, 5.74) is 4.45. The minimum Gasteiger partial charge on any atom is -0.496 e. The average molecular weight is 606 g/mol. The Morgan fingerprint density at radius 2 is 1.93 bits per heavy atom. The first-order valence-electron chi connectivity index (χ1n) is 12.1. The number of rotatable bonds is 9. The van der Waals surface area contributed by atoms with Crippen LogP contribution in [0.2, 0.25) is 10.0 Å². The largest absolute Gasteiger partial charge is 0.496 e. The second-order valence-electron chi connectivity index (χ2n) is 8.68. The Morgan fingerprint density at radius 1 is 1.05 bits per heavy atom. The lowest BCUT2D eigenvalue weighted by molar-refractivity contribution is 0.416. The van der Waals surface area contributed by atoms with E-state index in [1.54, 1.807) is 24.5 Å². The van der Waals surface area contributed by atoms with Crippen LogP contribution in [0.25, 0.3) is 21.7 Å². The first-order chi connectivity index (χ1) is 19.5. The smallest absolute Gasteiger partial charge is 0.282 e. The molecule has 5 rings (SSSR count). The van der Waals surface area contributed by atoms with Crippen LogP contribution in [0.4, 0.5) is 5.69 Å². The van der Waals surface area contributed by atoms with E-state index in [1.165, 1.54) is 22.2 Å². The van der Waals surface area contributed by atoms with E-state index in [0.717, 1.165) is 27.3 Å². The molecule has 0 aliphatic carbocycles. The molecule has 0 spiro atoms. The number of nitrogens with zero attached hydrogens (tertiary/aromatic N) is 3. The van der Waals surface area contributed by atoms with E-state index in [9.17, 15) is 10.1 Å². The van der Waals surface area contributed by atoms with Gasteiger partial charge in [0.15, 0.2) is 0 Å². The molecule has 10 heteroatoms. The van der Waals surface area contributed by atoms with Crippen molar-refractivity contribution in [2.24, 2.45) is 0 Å². The molecule has 0 unspecified atom stereocenters. The van der Waals surface area contributed by atoms with Crippen molar-refractivity contribution in [1.29, 1.82) is 5.26 Å². The molecule has 0 saturated carbocycles. The van der Waals surface area contributed by atoms with Crippen LogP contribution < -0.4 is 15.6 Å². The van der Waals surface area contributed by atoms with Crippen LogP contribution in [0.5, 0.6) is 5.75 Å². The minimum atomic E-state index is -0.403. The molecule has 0 amide bonds. The summed E-state index contributed by atoms with van der Waals surface area (Å²) in [5, 5.41) is 16.3. The van der Waals surface area contributed by atoms with Crippen molar-refractivity contribution in [2.75, 3.05) is 12.4 Å². The van der Waals surface area contributed by atoms with Gasteiger partial charge >= 0.3 is 0 Å². The average Bonchev–Trinajstić information content (AvgIpc) is 3.52. The summed E-state index contributed by atoms with van der Waals surface area (Å²) >= 11 is 15.0. The monoisotopic (exact) mass is 604 g/mol. The fourth-order valence-corrected chi connectivity index (χ4v) is 5.96. The maximum absolute atomic E-state index is 13.3. The Morgan fingerprint density at radius 3 is 2.67 bits per heavy atom. The van der Waals surface area contributed by atoms with Gasteiger partial charge in [0.1, 0.15) is 23.7 Å². The van der Waals surface area contributed by atoms with Crippen LogP contribution in [0.15, 0.2) is 89.3 Å². The van der Waals surface area contributed by atoms with Crippen molar-refractivity contribution >= 4 is 52.2 Å². The number of benzene rings is 3. The molecule has 6 nitrogen and oxygen atoms in total. The molecular weight excluding hydrogens is 583 g/mol. The van der Waals surface area contributed by atoms with Crippen LogP contribution in [-0.4, -0.2) is 16.1 Å². The SMILES string of the molecule is COc1ccc(-c2ncn(SCc3cccc(NCc4ccc(Cl)c(Cl)c4)c3)c(=O)c2C#N)cc1-c1cccs1. The number of thiophene rings is 1. The lowest BCUT2D eigenvalue weighted by Crippen LogP contribution is -2.20. The number of hydrogen-bond acceptors (Lipinski definition) is 7. The topological polar surface area (TPSA) is 79.9 Å². The van der Waals surface area contributed by atoms with Gasteiger partial charge in [0.2, 0.25) is 0 Å². The summed E-state index contributed by atoms with van der Waals surface area (Å²) in [5.74, 6) is 1.22. The normalized spacial score (nSPS) is 10.8. The number of ether oxygens (including phenoxy) is 1. The van der Waals surface area contributed by atoms with Gasteiger partial charge in [-0.25, -0.2) is 8.96 Å². The lowest BCUT2D eigenvalue weighted by Gasteiger charge is -2.12. The number of methoxy groups -OCH3 is 1. The zero-order chi connectivity index (χ0) is 28.1. The maximum atomic E-state index is 13.3. The summed E-state index contributed by atoms with van der Waals surface area (Å²) in [6.45, 7) is 0.587. The fourth-order valence-electron chi connectivity index (χ4n) is 4.10. The first kappa shape index (κ1) is 27.8. The summed E-state index contributed by atoms with van der Waals surface area (Å²) < 4.78 is 6.93. The predicted octanol–water partition coefficient (Wildman–Crippen LogP) is 8.13. The molecule has 1 N–H and O–H groups in total. The van der Waals surface area contributed by atoms with Gasteiger partial charge in [-0.1, -0.05) is 47.5 Å². The van der Waals surface area contributed by atoms with Crippen LogP contribution in [0.1, 0.15) is 16.7 Å². The lowest BCUT2D eigenvalue weighted by atomic mass is 10.0. The van der Waals surface area contributed by atoms with E-state index < -0.39 is 5.56 Å². The molecule has 0 aliphatic heterocycles. The van der Waals surface area contributed by atoms with Gasteiger partial charge in [-0.3, -0.25) is 4.79 Å². The van der Waals surface area contributed by atoms with Gasteiger partial charge in [-0.05, 0) is 77.0 Å². The molecule has 40 heavy (non-hydrogen) atoms. The highest BCUT2D eigenvalue weighted by molar-refractivity contribution is 7.97. The van der Waals surface area contributed by atoms with Crippen LogP contribution in [0.3, 0.4) is 0 Å². The standard InChI is InChI=1S/C30H22Cl2N4O2S2/c1-38-27-10-8-21(14-23(27)28-6-3-11-39-28)29-24(15-33)30(37)36(18-35-29)40-17-20-4-2-5-22(12-20)34-16-19-7-9-25(31)26(32)13-19/h2-14,18,34H,16-17H2,1H3. The van der Waals surface area contributed by atoms with E-state index in [0.29, 0.717) is 39.3 Å². The molecule has 2 aromatic heterocycles. The Bertz CT molecular complexity index is 1770. The number of aromatic nitrogens is 2. The minimum absolute atomic E-state index is 0.00524. The van der Waals surface area contributed by atoms with Crippen LogP contribution in [0, 0.1) is 11.3 Å². The molecule has 0 atom stereocenters. The number of hydrogen-bond donors (Lipinski definition) is 1. The zero-order valence-electron chi connectivity index (χ0n) is 21.2. The van der Waals surface area contributed by atoms with E-state index in [1.807, 2.05) is 72.1 Å². The highest BCUT2D eigenvalue weighted by Gasteiger charge is 2.17. The Balaban J connectivity index is 1.33. The van der Waals surface area contributed by atoms with E-state index in [2.05, 4.69) is 16.4 Å². The Hall–Kier alpha value is -3.74. The third-order valence-corrected chi connectivity index (χ3v) is 8.73. The zero-order valence-corrected chi connectivity index (χ0v) is 24.4. The van der Waals surface area contributed by atoms with Gasteiger partial charge in [-0.15, -0.1) is 11.3 Å². The quantitative estimate of drug-likeness (QED) is 0.183. The van der Waals surface area contributed by atoms with Gasteiger partial charge in [0.05, 0.1) is 22.8 Å². The van der Waals surface area contributed by atoms with Gasteiger partial charge < -0.3 is 10.1 Å². The van der Waals surface area contributed by atoms with Crippen molar-refractivity contribution in [3.05, 3.63) is 122 Å². The molecule has 0 radical (unpaired) electrons. The summed E-state index contributed by atoms with van der Waals surface area (Å²) in [4.78, 5) is 18.8. The third kappa shape index (κ3) is 6.19. The molecule has 0 saturated heterocycles. The van der Waals surface area contributed by atoms with E-state index >= 15 is 0 Å². The fraction of sp³-hybridized carbons (Fsp3) is 0.100. The Labute approximate surface area is 249 Å². The molecule has 2 heterocycles. The highest BCUT2D eigenvalue weighted by Crippen LogP contribution is 2.36. The van der Waals surface area contributed by atoms with Gasteiger partial charge in [0, 0.05) is 34.0 Å². The molecule has 200 valence electrons. The Kier molecular flexibility index (Phi) is 8.78. The second kappa shape index (κ2) is 12.6. The van der Waals surface area contributed by atoms with Crippen molar-refractivity contribution < 1.29 is 4.74 Å². The predicted molar refractivity (Wildman–Crippen MR) is 165 cm³/mol. The molecule has 0 bridgehead atoms. The number of nitrogens with one attached hydrogen (secondary N) is 1. The van der Waals surface area contributed by atoms with E-state index in [4.69, 9.17) is 27.9 Å².